The maximum atomic E-state index is 3.60. The van der Waals surface area contributed by atoms with Gasteiger partial charge in [-0.3, -0.25) is 4.90 Å². The summed E-state index contributed by atoms with van der Waals surface area (Å²) in [6.45, 7) is 10.7. The van der Waals surface area contributed by atoms with E-state index in [9.17, 15) is 0 Å². The van der Waals surface area contributed by atoms with Crippen molar-refractivity contribution in [3.8, 4) is 0 Å². The van der Waals surface area contributed by atoms with Crippen LogP contribution in [0.3, 0.4) is 0 Å². The highest BCUT2D eigenvalue weighted by Crippen LogP contribution is 2.16. The van der Waals surface area contributed by atoms with Crippen molar-refractivity contribution >= 4 is 0 Å². The molecule has 1 heterocycles. The summed E-state index contributed by atoms with van der Waals surface area (Å²) in [4.78, 5) is 4.96. The van der Waals surface area contributed by atoms with Gasteiger partial charge in [-0.15, -0.1) is 0 Å². The van der Waals surface area contributed by atoms with E-state index in [1.54, 1.807) is 0 Å². The lowest BCUT2D eigenvalue weighted by Gasteiger charge is -2.25. The molecule has 0 bridgehead atoms. The third-order valence-corrected chi connectivity index (χ3v) is 3.48. The van der Waals surface area contributed by atoms with Crippen LogP contribution in [0, 0.1) is 5.92 Å². The van der Waals surface area contributed by atoms with Crippen LogP contribution >= 0.6 is 0 Å². The van der Waals surface area contributed by atoms with Gasteiger partial charge in [-0.2, -0.15) is 0 Å². The Morgan fingerprint density at radius 3 is 2.76 bits per heavy atom. The quantitative estimate of drug-likeness (QED) is 0.697. The fraction of sp³-hybridized carbons (Fsp3) is 1.00. The van der Waals surface area contributed by atoms with Crippen LogP contribution < -0.4 is 5.32 Å². The van der Waals surface area contributed by atoms with Gasteiger partial charge in [0.2, 0.25) is 0 Å². The van der Waals surface area contributed by atoms with Crippen LogP contribution in [0.1, 0.15) is 33.1 Å². The summed E-state index contributed by atoms with van der Waals surface area (Å²) < 4.78 is 0. The van der Waals surface area contributed by atoms with Gasteiger partial charge in [-0.1, -0.05) is 13.8 Å². The number of hydrogen-bond acceptors (Lipinski definition) is 3. The SMILES string of the molecule is CC(C)CNCC1CCCN1CCCN(C)C. The van der Waals surface area contributed by atoms with Crippen molar-refractivity contribution in [2.45, 2.75) is 39.2 Å². The molecule has 1 saturated heterocycles. The van der Waals surface area contributed by atoms with Crippen molar-refractivity contribution in [3.05, 3.63) is 0 Å². The van der Waals surface area contributed by atoms with E-state index < -0.39 is 0 Å². The summed E-state index contributed by atoms with van der Waals surface area (Å²) >= 11 is 0. The lowest BCUT2D eigenvalue weighted by molar-refractivity contribution is 0.232. The lowest BCUT2D eigenvalue weighted by atomic mass is 10.2. The van der Waals surface area contributed by atoms with Gasteiger partial charge in [0, 0.05) is 12.6 Å². The second-order valence-electron chi connectivity index (χ2n) is 6.04. The maximum Gasteiger partial charge on any atom is 0.0221 e. The average molecular weight is 241 g/mol. The molecular formula is C14H31N3. The van der Waals surface area contributed by atoms with E-state index in [2.05, 4.69) is 43.1 Å². The van der Waals surface area contributed by atoms with Gasteiger partial charge in [0.05, 0.1) is 0 Å². The van der Waals surface area contributed by atoms with E-state index in [1.165, 1.54) is 45.4 Å². The number of rotatable bonds is 8. The van der Waals surface area contributed by atoms with Crippen molar-refractivity contribution in [2.75, 3.05) is 46.8 Å². The Morgan fingerprint density at radius 2 is 2.12 bits per heavy atom. The molecule has 1 rings (SSSR count). The van der Waals surface area contributed by atoms with Crippen LogP contribution in [0.15, 0.2) is 0 Å². The topological polar surface area (TPSA) is 18.5 Å². The first-order chi connectivity index (χ1) is 8.09. The van der Waals surface area contributed by atoms with E-state index >= 15 is 0 Å². The zero-order valence-electron chi connectivity index (χ0n) is 12.2. The Balaban J connectivity index is 2.14. The fourth-order valence-corrected chi connectivity index (χ4v) is 2.55. The Morgan fingerprint density at radius 1 is 1.35 bits per heavy atom. The van der Waals surface area contributed by atoms with Gasteiger partial charge in [0.25, 0.3) is 0 Å². The van der Waals surface area contributed by atoms with Crippen molar-refractivity contribution < 1.29 is 0 Å². The van der Waals surface area contributed by atoms with E-state index in [-0.39, 0.29) is 0 Å². The maximum absolute atomic E-state index is 3.60. The van der Waals surface area contributed by atoms with Gasteiger partial charge in [0.1, 0.15) is 0 Å². The summed E-state index contributed by atoms with van der Waals surface area (Å²) in [7, 11) is 4.32. The Bertz CT molecular complexity index is 172. The van der Waals surface area contributed by atoms with Crippen LogP contribution in [0.5, 0.6) is 0 Å². The molecule has 1 N–H and O–H groups in total. The van der Waals surface area contributed by atoms with Crippen molar-refractivity contribution in [2.24, 2.45) is 5.92 Å². The van der Waals surface area contributed by atoms with Gasteiger partial charge in [-0.05, 0) is 65.5 Å². The molecule has 0 aromatic carbocycles. The van der Waals surface area contributed by atoms with E-state index in [1.807, 2.05) is 0 Å². The van der Waals surface area contributed by atoms with Crippen molar-refractivity contribution in [1.82, 2.24) is 15.1 Å². The Hall–Kier alpha value is -0.120. The van der Waals surface area contributed by atoms with E-state index in [0.29, 0.717) is 0 Å². The molecule has 1 unspecified atom stereocenters. The molecule has 0 amide bonds. The first-order valence-corrected chi connectivity index (χ1v) is 7.19. The number of nitrogens with one attached hydrogen (secondary N) is 1. The minimum absolute atomic E-state index is 0.763. The lowest BCUT2D eigenvalue weighted by Crippen LogP contribution is -2.40. The second-order valence-corrected chi connectivity index (χ2v) is 6.04. The summed E-state index contributed by atoms with van der Waals surface area (Å²) in [5.41, 5.74) is 0. The molecule has 0 aromatic heterocycles. The molecule has 3 nitrogen and oxygen atoms in total. The molecule has 17 heavy (non-hydrogen) atoms. The minimum atomic E-state index is 0.763. The number of likely N-dealkylation sites (tertiary alicyclic amines) is 1. The largest absolute Gasteiger partial charge is 0.315 e. The fourth-order valence-electron chi connectivity index (χ4n) is 2.55. The van der Waals surface area contributed by atoms with Crippen molar-refractivity contribution in [3.63, 3.8) is 0 Å². The second kappa shape index (κ2) is 8.06. The highest BCUT2D eigenvalue weighted by molar-refractivity contribution is 4.81. The zero-order valence-corrected chi connectivity index (χ0v) is 12.2. The minimum Gasteiger partial charge on any atom is -0.315 e. The first-order valence-electron chi connectivity index (χ1n) is 7.19. The molecule has 0 aromatic rings. The molecule has 0 aliphatic carbocycles. The third-order valence-electron chi connectivity index (χ3n) is 3.48. The number of nitrogens with zero attached hydrogens (tertiary/aromatic N) is 2. The van der Waals surface area contributed by atoms with E-state index in [0.717, 1.165) is 18.5 Å². The monoisotopic (exact) mass is 241 g/mol. The summed E-state index contributed by atoms with van der Waals surface area (Å²) in [6.07, 6.45) is 4.07. The highest BCUT2D eigenvalue weighted by atomic mass is 15.2. The molecule has 0 radical (unpaired) electrons. The van der Waals surface area contributed by atoms with Crippen LogP contribution in [0.25, 0.3) is 0 Å². The molecule has 102 valence electrons. The van der Waals surface area contributed by atoms with Gasteiger partial charge in [0.15, 0.2) is 0 Å². The van der Waals surface area contributed by atoms with Gasteiger partial charge >= 0.3 is 0 Å². The number of hydrogen-bond donors (Lipinski definition) is 1. The van der Waals surface area contributed by atoms with Crippen molar-refractivity contribution in [1.29, 1.82) is 0 Å². The van der Waals surface area contributed by atoms with Crippen LogP contribution in [0.4, 0.5) is 0 Å². The molecule has 0 saturated carbocycles. The van der Waals surface area contributed by atoms with Gasteiger partial charge < -0.3 is 10.2 Å². The Kier molecular flexibility index (Phi) is 7.09. The standard InChI is InChI=1S/C14H31N3/c1-13(2)11-15-12-14-7-5-9-17(14)10-6-8-16(3)4/h13-15H,5-12H2,1-4H3. The summed E-state index contributed by atoms with van der Waals surface area (Å²) in [6, 6.07) is 0.788. The molecule has 1 aliphatic heterocycles. The third kappa shape index (κ3) is 6.39. The molecule has 1 fully saturated rings. The zero-order chi connectivity index (χ0) is 12.7. The van der Waals surface area contributed by atoms with Crippen LogP contribution in [0.2, 0.25) is 0 Å². The molecule has 1 aliphatic rings. The summed E-state index contributed by atoms with van der Waals surface area (Å²) in [5.74, 6) is 0.763. The molecule has 3 heteroatoms. The highest BCUT2D eigenvalue weighted by Gasteiger charge is 2.23. The van der Waals surface area contributed by atoms with Crippen LogP contribution in [-0.4, -0.2) is 62.7 Å². The molecule has 0 spiro atoms. The average Bonchev–Trinajstić information content (AvgIpc) is 2.65. The van der Waals surface area contributed by atoms with Crippen LogP contribution in [-0.2, 0) is 0 Å². The van der Waals surface area contributed by atoms with Gasteiger partial charge in [-0.25, -0.2) is 0 Å². The Labute approximate surface area is 108 Å². The first kappa shape index (κ1) is 14.9. The predicted octanol–water partition coefficient (Wildman–Crippen LogP) is 1.65. The molecule has 1 atom stereocenters. The normalized spacial score (nSPS) is 21.9. The summed E-state index contributed by atoms with van der Waals surface area (Å²) in [5, 5.41) is 3.60. The molecular weight excluding hydrogens is 210 g/mol. The van der Waals surface area contributed by atoms with E-state index in [4.69, 9.17) is 0 Å². The predicted molar refractivity (Wildman–Crippen MR) is 75.5 cm³/mol. The smallest absolute Gasteiger partial charge is 0.0221 e.